The van der Waals surface area contributed by atoms with Crippen molar-refractivity contribution in [3.63, 3.8) is 0 Å². The summed E-state index contributed by atoms with van der Waals surface area (Å²) in [6.07, 6.45) is 4.51. The molecule has 0 radical (unpaired) electrons. The fourth-order valence-corrected chi connectivity index (χ4v) is 3.67. The van der Waals surface area contributed by atoms with Gasteiger partial charge in [0.25, 0.3) is 0 Å². The van der Waals surface area contributed by atoms with Crippen LogP contribution in [0.25, 0.3) is 0 Å². The van der Waals surface area contributed by atoms with Crippen LogP contribution in [0.5, 0.6) is 0 Å². The maximum Gasteiger partial charge on any atom is 0.213 e. The molecule has 0 bridgehead atoms. The molecule has 0 aromatic carbocycles. The first-order chi connectivity index (χ1) is 12.9. The minimum Gasteiger partial charge on any atom is -0.377 e. The molecule has 0 amide bonds. The van der Waals surface area contributed by atoms with Crippen LogP contribution in [0.1, 0.15) is 32.0 Å². The number of rotatable bonds is 9. The van der Waals surface area contributed by atoms with E-state index in [9.17, 15) is 8.42 Å². The van der Waals surface area contributed by atoms with E-state index in [0.29, 0.717) is 32.2 Å². The van der Waals surface area contributed by atoms with Crippen molar-refractivity contribution in [2.45, 2.75) is 38.8 Å². The maximum absolute atomic E-state index is 12.2. The lowest BCUT2D eigenvalue weighted by Gasteiger charge is -2.23. The number of aromatic nitrogens is 3. The molecular formula is C16H32IN7O3S. The second-order valence-electron chi connectivity index (χ2n) is 6.55. The van der Waals surface area contributed by atoms with Crippen molar-refractivity contribution in [1.29, 1.82) is 0 Å². The number of ether oxygens (including phenoxy) is 1. The molecule has 2 N–H and O–H groups in total. The number of sulfonamides is 1. The number of hydrogen-bond acceptors (Lipinski definition) is 6. The van der Waals surface area contributed by atoms with Gasteiger partial charge >= 0.3 is 0 Å². The number of aryl methyl sites for hydroxylation is 1. The van der Waals surface area contributed by atoms with Crippen molar-refractivity contribution < 1.29 is 13.2 Å². The average molecular weight is 529 g/mol. The van der Waals surface area contributed by atoms with Crippen molar-refractivity contribution in [1.82, 2.24) is 29.7 Å². The third kappa shape index (κ3) is 8.57. The normalized spacial score (nSPS) is 17.8. The first kappa shape index (κ1) is 25.0. The molecule has 162 valence electrons. The Morgan fingerprint density at radius 3 is 2.86 bits per heavy atom. The van der Waals surface area contributed by atoms with E-state index in [1.807, 2.05) is 25.9 Å². The van der Waals surface area contributed by atoms with Crippen LogP contribution in [0, 0.1) is 0 Å². The van der Waals surface area contributed by atoms with E-state index >= 15 is 0 Å². The molecule has 12 heteroatoms. The van der Waals surface area contributed by atoms with Gasteiger partial charge < -0.3 is 15.0 Å². The Labute approximate surface area is 184 Å². The number of hydrogen-bond donors (Lipinski definition) is 2. The number of guanidine groups is 1. The largest absolute Gasteiger partial charge is 0.377 e. The second kappa shape index (κ2) is 12.5. The summed E-state index contributed by atoms with van der Waals surface area (Å²) >= 11 is 0. The van der Waals surface area contributed by atoms with E-state index in [2.05, 4.69) is 25.1 Å². The molecule has 0 aliphatic carbocycles. The van der Waals surface area contributed by atoms with Gasteiger partial charge in [0, 0.05) is 33.8 Å². The van der Waals surface area contributed by atoms with Gasteiger partial charge in [-0.25, -0.2) is 18.1 Å². The SMILES string of the molecule is CCNC(=NCCS(=O)(=O)NCC1CCCCO1)N(C)Cc1ncnn1C.I. The first-order valence-corrected chi connectivity index (χ1v) is 11.0. The topological polar surface area (TPSA) is 114 Å². The number of halogens is 1. The summed E-state index contributed by atoms with van der Waals surface area (Å²) in [6.45, 7) is 4.39. The van der Waals surface area contributed by atoms with Crippen molar-refractivity contribution in [2.75, 3.05) is 39.0 Å². The summed E-state index contributed by atoms with van der Waals surface area (Å²) in [5, 5.41) is 7.22. The first-order valence-electron chi connectivity index (χ1n) is 9.32. The zero-order valence-corrected chi connectivity index (χ0v) is 19.9. The summed E-state index contributed by atoms with van der Waals surface area (Å²) in [6, 6.07) is 0. The van der Waals surface area contributed by atoms with E-state index in [0.717, 1.165) is 25.1 Å². The maximum atomic E-state index is 12.2. The lowest BCUT2D eigenvalue weighted by Crippen LogP contribution is -2.40. The van der Waals surface area contributed by atoms with E-state index in [-0.39, 0.29) is 42.4 Å². The zero-order valence-electron chi connectivity index (χ0n) is 16.8. The molecule has 1 atom stereocenters. The summed E-state index contributed by atoms with van der Waals surface area (Å²) in [5.74, 6) is 1.36. The molecular weight excluding hydrogens is 497 g/mol. The quantitative estimate of drug-likeness (QED) is 0.269. The van der Waals surface area contributed by atoms with Crippen LogP contribution >= 0.6 is 24.0 Å². The highest BCUT2D eigenvalue weighted by atomic mass is 127. The highest BCUT2D eigenvalue weighted by Gasteiger charge is 2.18. The lowest BCUT2D eigenvalue weighted by molar-refractivity contribution is 0.0200. The van der Waals surface area contributed by atoms with Crippen molar-refractivity contribution in [2.24, 2.45) is 12.0 Å². The Bertz CT molecular complexity index is 705. The molecule has 2 rings (SSSR count). The highest BCUT2D eigenvalue weighted by molar-refractivity contribution is 14.0. The minimum absolute atomic E-state index is 0. The van der Waals surface area contributed by atoms with Gasteiger partial charge in [0.15, 0.2) is 5.96 Å². The molecule has 1 aliphatic heterocycles. The van der Waals surface area contributed by atoms with Gasteiger partial charge in [0.1, 0.15) is 12.2 Å². The Morgan fingerprint density at radius 2 is 2.25 bits per heavy atom. The van der Waals surface area contributed by atoms with E-state index in [4.69, 9.17) is 4.74 Å². The molecule has 0 saturated carbocycles. The van der Waals surface area contributed by atoms with Crippen LogP contribution in [0.2, 0.25) is 0 Å². The molecule has 1 aromatic rings. The van der Waals surface area contributed by atoms with Gasteiger partial charge in [-0.2, -0.15) is 5.10 Å². The Morgan fingerprint density at radius 1 is 1.46 bits per heavy atom. The summed E-state index contributed by atoms with van der Waals surface area (Å²) in [5.41, 5.74) is 0. The van der Waals surface area contributed by atoms with Crippen molar-refractivity contribution in [3.8, 4) is 0 Å². The molecule has 1 saturated heterocycles. The Balaban J connectivity index is 0.00000392. The van der Waals surface area contributed by atoms with Gasteiger partial charge in [0.05, 0.1) is 24.9 Å². The third-order valence-electron chi connectivity index (χ3n) is 4.31. The van der Waals surface area contributed by atoms with Gasteiger partial charge in [-0.15, -0.1) is 24.0 Å². The van der Waals surface area contributed by atoms with Gasteiger partial charge in [-0.1, -0.05) is 0 Å². The van der Waals surface area contributed by atoms with Gasteiger partial charge in [-0.05, 0) is 26.2 Å². The lowest BCUT2D eigenvalue weighted by atomic mass is 10.1. The van der Waals surface area contributed by atoms with E-state index in [1.165, 1.54) is 6.33 Å². The van der Waals surface area contributed by atoms with Crippen LogP contribution in [-0.2, 0) is 28.4 Å². The molecule has 10 nitrogen and oxygen atoms in total. The minimum atomic E-state index is -3.38. The fourth-order valence-electron chi connectivity index (χ4n) is 2.75. The molecule has 1 fully saturated rings. The molecule has 0 spiro atoms. The molecule has 2 heterocycles. The standard InChI is InChI=1S/C16H31N7O3S.HI/c1-4-17-16(22(2)12-15-19-13-20-23(15)3)18-8-10-27(24,25)21-11-14-7-5-6-9-26-14;/h13-14,21H,4-12H2,1-3H3,(H,17,18);1H. The highest BCUT2D eigenvalue weighted by Crippen LogP contribution is 2.11. The summed E-state index contributed by atoms with van der Waals surface area (Å²) < 4.78 is 34.3. The molecule has 28 heavy (non-hydrogen) atoms. The number of nitrogens with one attached hydrogen (secondary N) is 2. The third-order valence-corrected chi connectivity index (χ3v) is 5.63. The molecule has 1 aliphatic rings. The van der Waals surface area contributed by atoms with Crippen molar-refractivity contribution in [3.05, 3.63) is 12.2 Å². The average Bonchev–Trinajstić information content (AvgIpc) is 3.05. The fraction of sp³-hybridized carbons (Fsp3) is 0.812. The molecule has 1 aromatic heterocycles. The van der Waals surface area contributed by atoms with Gasteiger partial charge in [-0.3, -0.25) is 9.67 Å². The smallest absolute Gasteiger partial charge is 0.213 e. The van der Waals surface area contributed by atoms with Crippen LogP contribution < -0.4 is 10.0 Å². The van der Waals surface area contributed by atoms with E-state index < -0.39 is 10.0 Å². The zero-order chi connectivity index (χ0) is 19.7. The summed E-state index contributed by atoms with van der Waals surface area (Å²) in [4.78, 5) is 10.5. The number of aliphatic imine (C=N–C) groups is 1. The second-order valence-corrected chi connectivity index (χ2v) is 8.47. The Hall–Kier alpha value is -0.990. The van der Waals surface area contributed by atoms with Crippen LogP contribution in [-0.4, -0.2) is 79.2 Å². The van der Waals surface area contributed by atoms with Crippen LogP contribution in [0.3, 0.4) is 0 Å². The Kier molecular flexibility index (Phi) is 11.2. The monoisotopic (exact) mass is 529 g/mol. The predicted molar refractivity (Wildman–Crippen MR) is 119 cm³/mol. The van der Waals surface area contributed by atoms with Crippen LogP contribution in [0.4, 0.5) is 0 Å². The van der Waals surface area contributed by atoms with Crippen molar-refractivity contribution >= 4 is 40.0 Å². The van der Waals surface area contributed by atoms with Gasteiger partial charge in [0.2, 0.25) is 10.0 Å². The molecule has 1 unspecified atom stereocenters. The predicted octanol–water partition coefficient (Wildman–Crippen LogP) is 0.319. The summed E-state index contributed by atoms with van der Waals surface area (Å²) in [7, 11) is 0.322. The van der Waals surface area contributed by atoms with E-state index in [1.54, 1.807) is 4.68 Å². The van der Waals surface area contributed by atoms with Crippen LogP contribution in [0.15, 0.2) is 11.3 Å². The number of nitrogens with zero attached hydrogens (tertiary/aromatic N) is 5.